The molecule has 5 nitrogen and oxygen atoms in total. The Labute approximate surface area is 123 Å². The summed E-state index contributed by atoms with van der Waals surface area (Å²) in [5.74, 6) is 0.352. The summed E-state index contributed by atoms with van der Waals surface area (Å²) in [4.78, 5) is 20.8. The third-order valence-electron chi connectivity index (χ3n) is 4.11. The Kier molecular flexibility index (Phi) is 4.10. The van der Waals surface area contributed by atoms with Crippen LogP contribution >= 0.6 is 0 Å². The molecule has 2 aromatic rings. The number of hydrogen-bond acceptors (Lipinski definition) is 4. The zero-order valence-corrected chi connectivity index (χ0v) is 11.8. The maximum absolute atomic E-state index is 12.3. The van der Waals surface area contributed by atoms with Gasteiger partial charge in [-0.25, -0.2) is 0 Å². The molecule has 1 saturated carbocycles. The van der Waals surface area contributed by atoms with Crippen LogP contribution in [-0.4, -0.2) is 33.6 Å². The molecular formula is C16H19N3O2. The van der Waals surface area contributed by atoms with Crippen LogP contribution < -0.4 is 5.32 Å². The number of hydrogen-bond donors (Lipinski definition) is 2. The Balaban J connectivity index is 1.67. The van der Waals surface area contributed by atoms with E-state index < -0.39 is 0 Å². The fourth-order valence-corrected chi connectivity index (χ4v) is 2.86. The summed E-state index contributed by atoms with van der Waals surface area (Å²) in [5.41, 5.74) is 1.93. The highest BCUT2D eigenvalue weighted by Gasteiger charge is 2.20. The van der Waals surface area contributed by atoms with Gasteiger partial charge in [0.05, 0.1) is 17.2 Å². The van der Waals surface area contributed by atoms with Gasteiger partial charge < -0.3 is 10.4 Å². The lowest BCUT2D eigenvalue weighted by atomic mass is 9.87. The van der Waals surface area contributed by atoms with Crippen molar-refractivity contribution >= 4 is 16.9 Å². The number of nitrogens with zero attached hydrogens (tertiary/aromatic N) is 2. The first-order chi connectivity index (χ1) is 10.2. The minimum Gasteiger partial charge on any atom is -0.393 e. The first kappa shape index (κ1) is 13.9. The van der Waals surface area contributed by atoms with E-state index in [4.69, 9.17) is 0 Å². The Morgan fingerprint density at radius 1 is 1.19 bits per heavy atom. The second-order valence-corrected chi connectivity index (χ2v) is 5.61. The quantitative estimate of drug-likeness (QED) is 0.903. The van der Waals surface area contributed by atoms with Gasteiger partial charge >= 0.3 is 0 Å². The first-order valence-electron chi connectivity index (χ1n) is 7.40. The number of benzene rings is 1. The van der Waals surface area contributed by atoms with Gasteiger partial charge in [0.1, 0.15) is 5.52 Å². The monoisotopic (exact) mass is 285 g/mol. The van der Waals surface area contributed by atoms with Crippen molar-refractivity contribution in [2.24, 2.45) is 5.92 Å². The van der Waals surface area contributed by atoms with Crippen LogP contribution in [0.2, 0.25) is 0 Å². The molecule has 110 valence electrons. The van der Waals surface area contributed by atoms with Gasteiger partial charge in [0.25, 0.3) is 5.91 Å². The predicted molar refractivity (Wildman–Crippen MR) is 79.8 cm³/mol. The predicted octanol–water partition coefficient (Wildman–Crippen LogP) is 1.91. The molecule has 0 aliphatic heterocycles. The molecule has 3 rings (SSSR count). The molecule has 0 radical (unpaired) electrons. The number of nitrogens with one attached hydrogen (secondary N) is 1. The van der Waals surface area contributed by atoms with Crippen LogP contribution in [0.4, 0.5) is 0 Å². The van der Waals surface area contributed by atoms with Gasteiger partial charge in [0.15, 0.2) is 0 Å². The molecule has 5 heteroatoms. The van der Waals surface area contributed by atoms with Crippen molar-refractivity contribution < 1.29 is 9.90 Å². The van der Waals surface area contributed by atoms with Gasteiger partial charge in [-0.3, -0.25) is 14.8 Å². The molecule has 0 atom stereocenters. The normalized spacial score (nSPS) is 22.1. The number of para-hydroxylation sites is 1. The summed E-state index contributed by atoms with van der Waals surface area (Å²) in [6.07, 6.45) is 6.66. The number of aromatic nitrogens is 2. The highest BCUT2D eigenvalue weighted by molar-refractivity contribution is 6.04. The molecule has 1 aromatic carbocycles. The van der Waals surface area contributed by atoms with Crippen molar-refractivity contribution in [2.75, 3.05) is 6.54 Å². The van der Waals surface area contributed by atoms with Gasteiger partial charge in [0.2, 0.25) is 0 Å². The van der Waals surface area contributed by atoms with E-state index in [-0.39, 0.29) is 12.0 Å². The molecule has 1 amide bonds. The molecule has 1 aromatic heterocycles. The minimum absolute atomic E-state index is 0.104. The number of fused-ring (bicyclic) bond motifs is 1. The summed E-state index contributed by atoms with van der Waals surface area (Å²) in [7, 11) is 0. The maximum atomic E-state index is 12.3. The molecule has 1 heterocycles. The van der Waals surface area contributed by atoms with E-state index in [1.54, 1.807) is 18.5 Å². The van der Waals surface area contributed by atoms with Crippen LogP contribution in [0.25, 0.3) is 11.0 Å². The van der Waals surface area contributed by atoms with Gasteiger partial charge in [-0.2, -0.15) is 0 Å². The highest BCUT2D eigenvalue weighted by atomic mass is 16.3. The zero-order valence-electron chi connectivity index (χ0n) is 11.8. The Bertz CT molecular complexity index is 631. The smallest absolute Gasteiger partial charge is 0.253 e. The summed E-state index contributed by atoms with van der Waals surface area (Å²) >= 11 is 0. The van der Waals surface area contributed by atoms with Crippen molar-refractivity contribution in [3.63, 3.8) is 0 Å². The number of aliphatic hydroxyl groups excluding tert-OH is 1. The topological polar surface area (TPSA) is 75.1 Å². The SMILES string of the molecule is O=C(NCC1CCC(O)CC1)c1cccc2nccnc12. The van der Waals surface area contributed by atoms with E-state index in [2.05, 4.69) is 15.3 Å². The Morgan fingerprint density at radius 2 is 1.95 bits per heavy atom. The van der Waals surface area contributed by atoms with Crippen LogP contribution in [0.15, 0.2) is 30.6 Å². The summed E-state index contributed by atoms with van der Waals surface area (Å²) in [6.45, 7) is 0.655. The third kappa shape index (κ3) is 3.19. The third-order valence-corrected chi connectivity index (χ3v) is 4.11. The highest BCUT2D eigenvalue weighted by Crippen LogP contribution is 2.23. The van der Waals surface area contributed by atoms with Gasteiger partial charge in [-0.05, 0) is 43.7 Å². The molecule has 1 aliphatic carbocycles. The van der Waals surface area contributed by atoms with E-state index in [0.717, 1.165) is 31.2 Å². The molecule has 0 bridgehead atoms. The van der Waals surface area contributed by atoms with Crippen LogP contribution in [0.3, 0.4) is 0 Å². The second-order valence-electron chi connectivity index (χ2n) is 5.61. The molecule has 21 heavy (non-hydrogen) atoms. The van der Waals surface area contributed by atoms with Crippen molar-refractivity contribution in [3.05, 3.63) is 36.2 Å². The van der Waals surface area contributed by atoms with Gasteiger partial charge in [-0.15, -0.1) is 0 Å². The second kappa shape index (κ2) is 6.18. The summed E-state index contributed by atoms with van der Waals surface area (Å²) in [5, 5.41) is 12.5. The number of amides is 1. The van der Waals surface area contributed by atoms with Crippen molar-refractivity contribution in [3.8, 4) is 0 Å². The van der Waals surface area contributed by atoms with Crippen LogP contribution in [0.5, 0.6) is 0 Å². The van der Waals surface area contributed by atoms with E-state index in [0.29, 0.717) is 23.5 Å². The standard InChI is InChI=1S/C16H19N3O2/c20-12-6-4-11(5-7-12)10-19-16(21)13-2-1-3-14-15(13)18-9-8-17-14/h1-3,8-9,11-12,20H,4-7,10H2,(H,19,21). The molecule has 0 saturated heterocycles. The molecule has 1 fully saturated rings. The molecule has 1 aliphatic rings. The van der Waals surface area contributed by atoms with Crippen molar-refractivity contribution in [1.29, 1.82) is 0 Å². The zero-order chi connectivity index (χ0) is 14.7. The van der Waals surface area contributed by atoms with E-state index in [1.807, 2.05) is 12.1 Å². The number of aliphatic hydroxyl groups is 1. The van der Waals surface area contributed by atoms with Crippen LogP contribution in [-0.2, 0) is 0 Å². The number of carbonyl (C=O) groups is 1. The molecule has 2 N–H and O–H groups in total. The average Bonchev–Trinajstić information content (AvgIpc) is 2.53. The fourth-order valence-electron chi connectivity index (χ4n) is 2.86. The number of rotatable bonds is 3. The lowest BCUT2D eigenvalue weighted by Gasteiger charge is -2.25. The van der Waals surface area contributed by atoms with Gasteiger partial charge in [0, 0.05) is 18.9 Å². The molecule has 0 unspecified atom stereocenters. The Morgan fingerprint density at radius 3 is 2.76 bits per heavy atom. The summed E-state index contributed by atoms with van der Waals surface area (Å²) in [6, 6.07) is 5.45. The van der Waals surface area contributed by atoms with Crippen molar-refractivity contribution in [2.45, 2.75) is 31.8 Å². The van der Waals surface area contributed by atoms with E-state index >= 15 is 0 Å². The Hall–Kier alpha value is -2.01. The lowest BCUT2D eigenvalue weighted by molar-refractivity contribution is 0.0911. The fraction of sp³-hybridized carbons (Fsp3) is 0.438. The average molecular weight is 285 g/mol. The first-order valence-corrected chi connectivity index (χ1v) is 7.40. The maximum Gasteiger partial charge on any atom is 0.253 e. The minimum atomic E-state index is -0.162. The van der Waals surface area contributed by atoms with E-state index in [1.165, 1.54) is 0 Å². The van der Waals surface area contributed by atoms with Gasteiger partial charge in [-0.1, -0.05) is 6.07 Å². The van der Waals surface area contributed by atoms with Crippen LogP contribution in [0, 0.1) is 5.92 Å². The number of carbonyl (C=O) groups excluding carboxylic acids is 1. The largest absolute Gasteiger partial charge is 0.393 e. The summed E-state index contributed by atoms with van der Waals surface area (Å²) < 4.78 is 0. The molecule has 0 spiro atoms. The van der Waals surface area contributed by atoms with E-state index in [9.17, 15) is 9.90 Å². The molecular weight excluding hydrogens is 266 g/mol. The van der Waals surface area contributed by atoms with Crippen molar-refractivity contribution in [1.82, 2.24) is 15.3 Å². The lowest BCUT2D eigenvalue weighted by Crippen LogP contribution is -2.32. The van der Waals surface area contributed by atoms with Crippen LogP contribution in [0.1, 0.15) is 36.0 Å².